The highest BCUT2D eigenvalue weighted by atomic mass is 32.2. The molecule has 2 aliphatic heterocycles. The summed E-state index contributed by atoms with van der Waals surface area (Å²) in [4.78, 5) is 5.58. The molecule has 5 nitrogen and oxygen atoms in total. The zero-order valence-corrected chi connectivity index (χ0v) is 14.1. The molecule has 0 radical (unpaired) electrons. The summed E-state index contributed by atoms with van der Waals surface area (Å²) < 4.78 is 27.7. The summed E-state index contributed by atoms with van der Waals surface area (Å²) in [5.41, 5.74) is 2.14. The average Bonchev–Trinajstić information content (AvgIpc) is 2.90. The number of hydrogen-bond donors (Lipinski definition) is 0. The molecule has 6 heteroatoms. The Labute approximate surface area is 132 Å². The van der Waals surface area contributed by atoms with Gasteiger partial charge in [-0.2, -0.15) is 5.06 Å². The molecule has 122 valence electrons. The minimum absolute atomic E-state index is 0.230. The molecule has 2 heterocycles. The second-order valence-corrected chi connectivity index (χ2v) is 8.40. The maximum Gasteiger partial charge on any atom is 0.221 e. The number of piperidine rings is 1. The van der Waals surface area contributed by atoms with Crippen molar-refractivity contribution in [1.29, 1.82) is 0 Å². The predicted molar refractivity (Wildman–Crippen MR) is 85.8 cm³/mol. The molecule has 22 heavy (non-hydrogen) atoms. The van der Waals surface area contributed by atoms with E-state index in [4.69, 9.17) is 4.84 Å². The van der Waals surface area contributed by atoms with Crippen LogP contribution < -0.4 is 0 Å². The zero-order chi connectivity index (χ0) is 15.7. The zero-order valence-electron chi connectivity index (χ0n) is 13.2. The third-order valence-corrected chi connectivity index (χ3v) is 6.87. The summed E-state index contributed by atoms with van der Waals surface area (Å²) in [5.74, 6) is 0. The predicted octanol–water partition coefficient (Wildman–Crippen LogP) is 2.10. The SMILES string of the molecule is Cc1cccc(C2C(S(=O)(=O)N3CCCCC3)CON2C)c1. The number of nitrogens with zero attached hydrogens (tertiary/aromatic N) is 2. The third-order valence-electron chi connectivity index (χ3n) is 4.63. The lowest BCUT2D eigenvalue weighted by Crippen LogP contribution is -2.44. The van der Waals surface area contributed by atoms with Crippen LogP contribution in [0, 0.1) is 6.92 Å². The molecule has 3 rings (SSSR count). The standard InChI is InChI=1S/C16H24N2O3S/c1-13-7-6-8-14(11-13)16-15(12-21-17(16)2)22(19,20)18-9-4-3-5-10-18/h6-8,11,15-16H,3-5,9-10,12H2,1-2H3. The molecule has 0 amide bonds. The van der Waals surface area contributed by atoms with Gasteiger partial charge in [0.2, 0.25) is 10.0 Å². The van der Waals surface area contributed by atoms with E-state index in [1.165, 1.54) is 0 Å². The molecule has 2 aliphatic rings. The first kappa shape index (κ1) is 15.9. The average molecular weight is 324 g/mol. The Morgan fingerprint density at radius 3 is 2.59 bits per heavy atom. The van der Waals surface area contributed by atoms with Crippen LogP contribution in [0.4, 0.5) is 0 Å². The Bertz CT molecular complexity index is 626. The monoisotopic (exact) mass is 324 g/mol. The van der Waals surface area contributed by atoms with Gasteiger partial charge in [-0.05, 0) is 25.3 Å². The lowest BCUT2D eigenvalue weighted by molar-refractivity contribution is -0.110. The van der Waals surface area contributed by atoms with Crippen molar-refractivity contribution in [3.05, 3.63) is 35.4 Å². The van der Waals surface area contributed by atoms with E-state index < -0.39 is 15.3 Å². The van der Waals surface area contributed by atoms with Crippen molar-refractivity contribution < 1.29 is 13.3 Å². The van der Waals surface area contributed by atoms with E-state index in [0.29, 0.717) is 13.1 Å². The van der Waals surface area contributed by atoms with Crippen molar-refractivity contribution in [2.24, 2.45) is 0 Å². The van der Waals surface area contributed by atoms with Crippen LogP contribution in [0.1, 0.15) is 36.4 Å². The number of sulfonamides is 1. The van der Waals surface area contributed by atoms with E-state index in [-0.39, 0.29) is 12.6 Å². The van der Waals surface area contributed by atoms with E-state index >= 15 is 0 Å². The molecule has 0 bridgehead atoms. The normalized spacial score (nSPS) is 28.1. The molecular formula is C16H24N2O3S. The molecule has 2 fully saturated rings. The fraction of sp³-hybridized carbons (Fsp3) is 0.625. The quantitative estimate of drug-likeness (QED) is 0.854. The van der Waals surface area contributed by atoms with Crippen molar-refractivity contribution in [1.82, 2.24) is 9.37 Å². The summed E-state index contributed by atoms with van der Waals surface area (Å²) in [5, 5.41) is 1.17. The fourth-order valence-corrected chi connectivity index (χ4v) is 5.47. The van der Waals surface area contributed by atoms with Crippen LogP contribution in [0.5, 0.6) is 0 Å². The van der Waals surface area contributed by atoms with Crippen LogP contribution >= 0.6 is 0 Å². The molecule has 0 saturated carbocycles. The summed E-state index contributed by atoms with van der Waals surface area (Å²) in [6, 6.07) is 7.79. The highest BCUT2D eigenvalue weighted by Crippen LogP contribution is 2.35. The first-order valence-corrected chi connectivity index (χ1v) is 9.42. The van der Waals surface area contributed by atoms with Crippen molar-refractivity contribution in [3.8, 4) is 0 Å². The molecular weight excluding hydrogens is 300 g/mol. The van der Waals surface area contributed by atoms with Crippen LogP contribution in [0.25, 0.3) is 0 Å². The largest absolute Gasteiger partial charge is 0.297 e. The molecule has 1 aromatic carbocycles. The third kappa shape index (κ3) is 2.93. The second kappa shape index (κ2) is 6.28. The number of hydrogen-bond acceptors (Lipinski definition) is 4. The maximum atomic E-state index is 13.0. The Kier molecular flexibility index (Phi) is 4.54. The van der Waals surface area contributed by atoms with Gasteiger partial charge in [0.15, 0.2) is 0 Å². The number of rotatable bonds is 3. The number of aryl methyl sites for hydroxylation is 1. The Morgan fingerprint density at radius 1 is 1.18 bits per heavy atom. The molecule has 0 aliphatic carbocycles. The molecule has 1 aromatic rings. The Hall–Kier alpha value is -0.950. The van der Waals surface area contributed by atoms with Gasteiger partial charge in [-0.3, -0.25) is 4.84 Å². The van der Waals surface area contributed by atoms with Gasteiger partial charge in [-0.1, -0.05) is 36.2 Å². The van der Waals surface area contributed by atoms with Gasteiger partial charge < -0.3 is 0 Å². The van der Waals surface area contributed by atoms with Gasteiger partial charge in [0, 0.05) is 20.1 Å². The molecule has 0 N–H and O–H groups in total. The van der Waals surface area contributed by atoms with Crippen molar-refractivity contribution in [2.45, 2.75) is 37.5 Å². The van der Waals surface area contributed by atoms with Gasteiger partial charge in [0.05, 0.1) is 12.6 Å². The smallest absolute Gasteiger partial charge is 0.221 e. The van der Waals surface area contributed by atoms with Crippen LogP contribution in [0.3, 0.4) is 0 Å². The van der Waals surface area contributed by atoms with E-state index in [0.717, 1.165) is 30.4 Å². The van der Waals surface area contributed by atoms with Crippen LogP contribution in [0.15, 0.2) is 24.3 Å². The van der Waals surface area contributed by atoms with Gasteiger partial charge >= 0.3 is 0 Å². The Balaban J connectivity index is 1.91. The summed E-state index contributed by atoms with van der Waals surface area (Å²) in [7, 11) is -1.52. The van der Waals surface area contributed by atoms with Crippen molar-refractivity contribution in [2.75, 3.05) is 26.7 Å². The minimum atomic E-state index is -3.34. The maximum absolute atomic E-state index is 13.0. The highest BCUT2D eigenvalue weighted by molar-refractivity contribution is 7.89. The lowest BCUT2D eigenvalue weighted by atomic mass is 10.0. The first-order chi connectivity index (χ1) is 10.5. The van der Waals surface area contributed by atoms with Crippen molar-refractivity contribution >= 4 is 10.0 Å². The number of benzene rings is 1. The fourth-order valence-electron chi connectivity index (χ4n) is 3.44. The van der Waals surface area contributed by atoms with Gasteiger partial charge in [-0.15, -0.1) is 0 Å². The summed E-state index contributed by atoms with van der Waals surface area (Å²) in [6.07, 6.45) is 3.03. The van der Waals surface area contributed by atoms with E-state index in [9.17, 15) is 8.42 Å². The summed E-state index contributed by atoms with van der Waals surface area (Å²) in [6.45, 7) is 3.54. The molecule has 2 saturated heterocycles. The van der Waals surface area contributed by atoms with Crippen molar-refractivity contribution in [3.63, 3.8) is 0 Å². The van der Waals surface area contributed by atoms with Gasteiger partial charge in [0.1, 0.15) is 5.25 Å². The topological polar surface area (TPSA) is 49.9 Å². The summed E-state index contributed by atoms with van der Waals surface area (Å²) >= 11 is 0. The molecule has 2 atom stereocenters. The minimum Gasteiger partial charge on any atom is -0.297 e. The van der Waals surface area contributed by atoms with Gasteiger partial charge in [-0.25, -0.2) is 12.7 Å². The number of hydroxylamine groups is 2. The van der Waals surface area contributed by atoms with Crippen LogP contribution in [-0.2, 0) is 14.9 Å². The second-order valence-electron chi connectivity index (χ2n) is 6.24. The van der Waals surface area contributed by atoms with E-state index in [2.05, 4.69) is 6.07 Å². The van der Waals surface area contributed by atoms with E-state index in [1.807, 2.05) is 32.2 Å². The molecule has 0 spiro atoms. The lowest BCUT2D eigenvalue weighted by Gasteiger charge is -2.31. The van der Waals surface area contributed by atoms with Gasteiger partial charge in [0.25, 0.3) is 0 Å². The van der Waals surface area contributed by atoms with Crippen LogP contribution in [0.2, 0.25) is 0 Å². The Morgan fingerprint density at radius 2 is 1.91 bits per heavy atom. The molecule has 2 unspecified atom stereocenters. The van der Waals surface area contributed by atoms with E-state index in [1.54, 1.807) is 9.37 Å². The van der Waals surface area contributed by atoms with Crippen LogP contribution in [-0.4, -0.2) is 49.8 Å². The molecule has 0 aromatic heterocycles. The highest BCUT2D eigenvalue weighted by Gasteiger charge is 2.45. The first-order valence-electron chi connectivity index (χ1n) is 7.91.